The molecular weight excluding hydrogens is 563 g/mol. The van der Waals surface area contributed by atoms with E-state index in [1.807, 2.05) is 24.3 Å². The van der Waals surface area contributed by atoms with Gasteiger partial charge < -0.3 is 35.7 Å². The summed E-state index contributed by atoms with van der Waals surface area (Å²) in [6.07, 6.45) is 1.02. The molecule has 4 heterocycles. The first-order valence-corrected chi connectivity index (χ1v) is 11.3. The molecule has 3 aromatic heterocycles. The van der Waals surface area contributed by atoms with Gasteiger partial charge in [0.1, 0.15) is 41.1 Å². The largest absolute Gasteiger partial charge is 0.488 e. The van der Waals surface area contributed by atoms with E-state index in [1.165, 1.54) is 0 Å². The number of anilines is 2. The van der Waals surface area contributed by atoms with Crippen molar-refractivity contribution >= 4 is 74.4 Å². The zero-order chi connectivity index (χ0) is 22.9. The first-order valence-electron chi connectivity index (χ1n) is 10.5. The third kappa shape index (κ3) is 4.05. The van der Waals surface area contributed by atoms with Gasteiger partial charge in [0.25, 0.3) is 0 Å². The Bertz CT molecular complexity index is 1410. The van der Waals surface area contributed by atoms with Gasteiger partial charge in [-0.1, -0.05) is 0 Å². The fourth-order valence-corrected chi connectivity index (χ4v) is 5.20. The molecule has 10 nitrogen and oxygen atoms in total. The van der Waals surface area contributed by atoms with Gasteiger partial charge >= 0.3 is 0 Å². The van der Waals surface area contributed by atoms with Crippen LogP contribution < -0.4 is 16.2 Å². The molecule has 4 aromatic rings. The second-order valence-electron chi connectivity index (χ2n) is 8.52. The van der Waals surface area contributed by atoms with Crippen LogP contribution >= 0.6 is 40.7 Å². The summed E-state index contributed by atoms with van der Waals surface area (Å²) in [6, 6.07) is 9.24. The van der Waals surface area contributed by atoms with Crippen molar-refractivity contribution in [2.24, 2.45) is 0 Å². The van der Waals surface area contributed by atoms with Crippen LogP contribution in [-0.2, 0) is 4.74 Å². The molecule has 2 fully saturated rings. The van der Waals surface area contributed by atoms with Gasteiger partial charge in [0.2, 0.25) is 5.95 Å². The van der Waals surface area contributed by atoms with E-state index < -0.39 is 30.1 Å². The highest BCUT2D eigenvalue weighted by molar-refractivity contribution is 9.10. The van der Waals surface area contributed by atoms with E-state index in [0.29, 0.717) is 35.6 Å². The Hall–Kier alpha value is -2.41. The van der Waals surface area contributed by atoms with E-state index in [-0.39, 0.29) is 30.8 Å². The number of aliphatic hydroxyl groups excluding tert-OH is 1. The Kier molecular flexibility index (Phi) is 6.77. The maximum atomic E-state index is 11.3. The van der Waals surface area contributed by atoms with E-state index in [0.717, 1.165) is 15.2 Å². The number of nitrogens with zero attached hydrogens (tertiary/aromatic N) is 4. The Labute approximate surface area is 220 Å². The quantitative estimate of drug-likeness (QED) is 0.284. The molecule has 0 bridgehead atoms. The Morgan fingerprint density at radius 2 is 1.94 bits per heavy atom. The maximum Gasteiger partial charge on any atom is 0.221 e. The van der Waals surface area contributed by atoms with Crippen LogP contribution in [0.5, 0.6) is 5.75 Å². The standard InChI is InChI=1S/C22H21BrN6O4.2ClH/c23-13-7-10-1-2-12(8-14(10)27-18(13)24)32-15-3-5-22(31)16(30)20(33-17(15)22)29-6-4-11-9-26-21(25)28-19(11)29;;/h1-2,4,6-9,15-17,20,30-31H,3,5H2,(H2,24,27)(H2,25,26,28);2*1H/t15-,16?,17+,20+,22-;;/m0../s1. The summed E-state index contributed by atoms with van der Waals surface area (Å²) in [7, 11) is 0. The van der Waals surface area contributed by atoms with Crippen LogP contribution in [0.15, 0.2) is 47.2 Å². The van der Waals surface area contributed by atoms with Crippen molar-refractivity contribution < 1.29 is 19.7 Å². The number of nitrogens with two attached hydrogens (primary N) is 2. The molecule has 1 aromatic carbocycles. The molecule has 1 saturated carbocycles. The number of hydrogen-bond donors (Lipinski definition) is 4. The number of hydrogen-bond acceptors (Lipinski definition) is 9. The van der Waals surface area contributed by atoms with E-state index in [1.54, 1.807) is 23.0 Å². The van der Waals surface area contributed by atoms with Gasteiger partial charge in [-0.2, -0.15) is 4.98 Å². The molecule has 5 atom stereocenters. The molecule has 1 unspecified atom stereocenters. The molecule has 0 spiro atoms. The topological polar surface area (TPSA) is 155 Å². The second-order valence-corrected chi connectivity index (χ2v) is 9.37. The van der Waals surface area contributed by atoms with Crippen LogP contribution in [0, 0.1) is 0 Å². The summed E-state index contributed by atoms with van der Waals surface area (Å²) < 4.78 is 14.8. The average Bonchev–Trinajstić information content (AvgIpc) is 3.41. The van der Waals surface area contributed by atoms with E-state index in [4.69, 9.17) is 20.9 Å². The van der Waals surface area contributed by atoms with Crippen molar-refractivity contribution in [2.75, 3.05) is 11.5 Å². The summed E-state index contributed by atoms with van der Waals surface area (Å²) in [5, 5.41) is 24.0. The van der Waals surface area contributed by atoms with Crippen molar-refractivity contribution in [3.63, 3.8) is 0 Å². The predicted molar refractivity (Wildman–Crippen MR) is 139 cm³/mol. The van der Waals surface area contributed by atoms with Gasteiger partial charge in [-0.05, 0) is 53.0 Å². The average molecular weight is 586 g/mol. The highest BCUT2D eigenvalue weighted by Crippen LogP contribution is 2.48. The molecule has 186 valence electrons. The van der Waals surface area contributed by atoms with Gasteiger partial charge in [0.05, 0.1) is 9.99 Å². The summed E-state index contributed by atoms with van der Waals surface area (Å²) >= 11 is 3.39. The van der Waals surface area contributed by atoms with Crippen LogP contribution in [0.25, 0.3) is 21.9 Å². The minimum atomic E-state index is -1.45. The van der Waals surface area contributed by atoms with E-state index in [9.17, 15) is 10.2 Å². The van der Waals surface area contributed by atoms with Crippen LogP contribution in [0.1, 0.15) is 19.1 Å². The number of halogens is 3. The molecule has 2 aliphatic rings. The number of ether oxygens (including phenoxy) is 2. The number of rotatable bonds is 3. The molecule has 13 heteroatoms. The van der Waals surface area contributed by atoms with Crippen LogP contribution in [0.2, 0.25) is 0 Å². The Morgan fingerprint density at radius 3 is 2.74 bits per heavy atom. The number of benzene rings is 1. The third-order valence-corrected chi connectivity index (χ3v) is 7.17. The first kappa shape index (κ1) is 25.7. The molecule has 1 aliphatic carbocycles. The normalized spacial score (nSPS) is 27.4. The van der Waals surface area contributed by atoms with Crippen LogP contribution in [0.4, 0.5) is 11.8 Å². The van der Waals surface area contributed by atoms with Crippen molar-refractivity contribution in [3.05, 3.63) is 47.2 Å². The molecule has 1 saturated heterocycles. The second kappa shape index (κ2) is 9.23. The molecule has 1 aliphatic heterocycles. The molecular formula is C22H23BrCl2N6O4. The van der Waals surface area contributed by atoms with Gasteiger partial charge in [-0.15, -0.1) is 24.8 Å². The fraction of sp³-hybridized carbons (Fsp3) is 0.318. The van der Waals surface area contributed by atoms with Crippen molar-refractivity contribution in [1.82, 2.24) is 19.5 Å². The number of aliphatic hydroxyl groups is 2. The zero-order valence-corrected chi connectivity index (χ0v) is 21.3. The van der Waals surface area contributed by atoms with Gasteiger partial charge in [0, 0.05) is 29.2 Å². The molecule has 6 N–H and O–H groups in total. The maximum absolute atomic E-state index is 11.3. The van der Waals surface area contributed by atoms with Gasteiger partial charge in [-0.25, -0.2) is 9.97 Å². The number of aromatic nitrogens is 4. The predicted octanol–water partition coefficient (Wildman–Crippen LogP) is 2.98. The Morgan fingerprint density at radius 1 is 1.14 bits per heavy atom. The van der Waals surface area contributed by atoms with E-state index >= 15 is 0 Å². The number of nitrogen functional groups attached to an aromatic ring is 2. The summed E-state index contributed by atoms with van der Waals surface area (Å²) in [6.45, 7) is 0. The smallest absolute Gasteiger partial charge is 0.221 e. The van der Waals surface area contributed by atoms with Crippen molar-refractivity contribution in [3.8, 4) is 5.75 Å². The minimum Gasteiger partial charge on any atom is -0.488 e. The van der Waals surface area contributed by atoms with Crippen molar-refractivity contribution in [2.45, 2.75) is 43.0 Å². The fourth-order valence-electron chi connectivity index (χ4n) is 4.86. The first-order chi connectivity index (χ1) is 15.8. The van der Waals surface area contributed by atoms with Gasteiger partial charge in [0.15, 0.2) is 6.23 Å². The highest BCUT2D eigenvalue weighted by Gasteiger charge is 2.62. The highest BCUT2D eigenvalue weighted by atomic mass is 79.9. The summed E-state index contributed by atoms with van der Waals surface area (Å²) in [5.74, 6) is 1.09. The lowest BCUT2D eigenvalue weighted by molar-refractivity contribution is -0.0791. The number of pyridine rings is 1. The van der Waals surface area contributed by atoms with E-state index in [2.05, 4.69) is 30.9 Å². The Balaban J connectivity index is 0.00000144. The molecule has 0 radical (unpaired) electrons. The van der Waals surface area contributed by atoms with Crippen LogP contribution in [-0.4, -0.2) is 53.6 Å². The monoisotopic (exact) mass is 584 g/mol. The lowest BCUT2D eigenvalue weighted by atomic mass is 9.94. The number of fused-ring (bicyclic) bond motifs is 3. The molecule has 0 amide bonds. The lowest BCUT2D eigenvalue weighted by Gasteiger charge is -2.26. The summed E-state index contributed by atoms with van der Waals surface area (Å²) in [5.41, 5.74) is 11.4. The molecule has 35 heavy (non-hydrogen) atoms. The zero-order valence-electron chi connectivity index (χ0n) is 18.1. The lowest BCUT2D eigenvalue weighted by Crippen LogP contribution is -2.47. The third-order valence-electron chi connectivity index (χ3n) is 6.53. The van der Waals surface area contributed by atoms with Crippen LogP contribution in [0.3, 0.4) is 0 Å². The van der Waals surface area contributed by atoms with Gasteiger partial charge in [-0.3, -0.25) is 0 Å². The molecule has 6 rings (SSSR count). The van der Waals surface area contributed by atoms with Crippen molar-refractivity contribution in [1.29, 1.82) is 0 Å². The minimum absolute atomic E-state index is 0. The summed E-state index contributed by atoms with van der Waals surface area (Å²) in [4.78, 5) is 12.6. The SMILES string of the molecule is Cl.Cl.Nc1ncc2ccn([C@@H]3O[C@@H]4[C@@H](Oc5ccc6cc(Br)c(N)nc6c5)CC[C@]4(O)C3O)c2n1.